The average Bonchev–Trinajstić information content (AvgIpc) is 2.60. The molecule has 0 N–H and O–H groups in total. The molecule has 0 spiro atoms. The molecule has 0 unspecified atom stereocenters. The Balaban J connectivity index is 2.93. The van der Waals surface area contributed by atoms with Crippen molar-refractivity contribution in [3.63, 3.8) is 0 Å². The molecular formula is C22H45BrO. The van der Waals surface area contributed by atoms with Gasteiger partial charge in [-0.2, -0.15) is 0 Å². The van der Waals surface area contributed by atoms with Gasteiger partial charge in [0.2, 0.25) is 0 Å². The second-order valence-electron chi connectivity index (χ2n) is 7.31. The van der Waals surface area contributed by atoms with Crippen LogP contribution < -0.4 is 0 Å². The van der Waals surface area contributed by atoms with E-state index in [0.717, 1.165) is 18.5 Å². The van der Waals surface area contributed by atoms with Gasteiger partial charge in [-0.05, 0) is 19.3 Å². The summed E-state index contributed by atoms with van der Waals surface area (Å²) < 4.78 is 5.63. The van der Waals surface area contributed by atoms with Gasteiger partial charge in [-0.1, -0.05) is 119 Å². The van der Waals surface area contributed by atoms with E-state index >= 15 is 0 Å². The standard InChI is InChI=1S/C22H45BrO/c1-2-3-4-5-6-7-8-9-10-11-12-13-14-15-16-18-21-24-22-19-17-20-23/h2-22H2,1H3. The summed E-state index contributed by atoms with van der Waals surface area (Å²) in [5.41, 5.74) is 0. The Morgan fingerprint density at radius 1 is 0.458 bits per heavy atom. The Kier molecular flexibility index (Phi) is 23.9. The zero-order chi connectivity index (χ0) is 17.6. The van der Waals surface area contributed by atoms with Crippen molar-refractivity contribution in [2.24, 2.45) is 0 Å². The monoisotopic (exact) mass is 404 g/mol. The predicted molar refractivity (Wildman–Crippen MR) is 113 cm³/mol. The summed E-state index contributed by atoms with van der Waals surface area (Å²) in [5, 5.41) is 1.11. The summed E-state index contributed by atoms with van der Waals surface area (Å²) in [6.07, 6.45) is 25.3. The zero-order valence-electron chi connectivity index (χ0n) is 16.6. The molecule has 2 heteroatoms. The Bertz CT molecular complexity index is 186. The van der Waals surface area contributed by atoms with Crippen molar-refractivity contribution in [3.05, 3.63) is 0 Å². The zero-order valence-corrected chi connectivity index (χ0v) is 18.2. The number of rotatable bonds is 21. The summed E-state index contributed by atoms with van der Waals surface area (Å²) in [6, 6.07) is 0. The fraction of sp³-hybridized carbons (Fsp3) is 1.00. The highest BCUT2D eigenvalue weighted by Crippen LogP contribution is 2.13. The van der Waals surface area contributed by atoms with Crippen LogP contribution in [0.4, 0.5) is 0 Å². The molecule has 0 rings (SSSR count). The largest absolute Gasteiger partial charge is 0.381 e. The first-order chi connectivity index (χ1) is 11.9. The van der Waals surface area contributed by atoms with Crippen molar-refractivity contribution in [1.82, 2.24) is 0 Å². The third-order valence-electron chi connectivity index (χ3n) is 4.81. The van der Waals surface area contributed by atoms with Crippen LogP contribution in [0.15, 0.2) is 0 Å². The lowest BCUT2D eigenvalue weighted by Gasteiger charge is -2.04. The summed E-state index contributed by atoms with van der Waals surface area (Å²) in [7, 11) is 0. The molecule has 0 radical (unpaired) electrons. The molecule has 0 saturated carbocycles. The SMILES string of the molecule is CCCCCCCCCCCCCCCCCCOCCCCBr. The minimum Gasteiger partial charge on any atom is -0.381 e. The third kappa shape index (κ3) is 22.4. The van der Waals surface area contributed by atoms with Crippen LogP contribution in [0.1, 0.15) is 122 Å². The molecule has 0 aliphatic heterocycles. The minimum absolute atomic E-state index is 0.949. The van der Waals surface area contributed by atoms with Crippen LogP contribution in [-0.4, -0.2) is 18.5 Å². The third-order valence-corrected chi connectivity index (χ3v) is 5.38. The Morgan fingerprint density at radius 3 is 1.17 bits per heavy atom. The molecule has 0 aromatic carbocycles. The first kappa shape index (κ1) is 24.4. The Morgan fingerprint density at radius 2 is 0.792 bits per heavy atom. The van der Waals surface area contributed by atoms with Crippen LogP contribution in [0.5, 0.6) is 0 Å². The van der Waals surface area contributed by atoms with Crippen LogP contribution >= 0.6 is 15.9 Å². The molecule has 0 saturated heterocycles. The van der Waals surface area contributed by atoms with E-state index in [2.05, 4.69) is 22.9 Å². The van der Waals surface area contributed by atoms with E-state index in [1.54, 1.807) is 0 Å². The molecule has 1 nitrogen and oxygen atoms in total. The maximum Gasteiger partial charge on any atom is 0.0466 e. The number of hydrogen-bond donors (Lipinski definition) is 0. The first-order valence-electron chi connectivity index (χ1n) is 11.1. The van der Waals surface area contributed by atoms with Gasteiger partial charge < -0.3 is 4.74 Å². The fourth-order valence-electron chi connectivity index (χ4n) is 3.15. The van der Waals surface area contributed by atoms with E-state index in [1.165, 1.54) is 116 Å². The van der Waals surface area contributed by atoms with E-state index in [0.29, 0.717) is 0 Å². The normalized spacial score (nSPS) is 11.2. The average molecular weight is 406 g/mol. The summed E-state index contributed by atoms with van der Waals surface area (Å²) in [6.45, 7) is 4.22. The highest BCUT2D eigenvalue weighted by atomic mass is 79.9. The smallest absolute Gasteiger partial charge is 0.0466 e. The quantitative estimate of drug-likeness (QED) is 0.137. The molecule has 0 aromatic rings. The Hall–Kier alpha value is 0.440. The molecule has 0 fully saturated rings. The molecule has 0 heterocycles. The van der Waals surface area contributed by atoms with Gasteiger partial charge in [-0.25, -0.2) is 0 Å². The van der Waals surface area contributed by atoms with Gasteiger partial charge in [-0.3, -0.25) is 0 Å². The first-order valence-corrected chi connectivity index (χ1v) is 12.2. The Labute approximate surface area is 161 Å². The molecule has 0 bridgehead atoms. The number of ether oxygens (including phenoxy) is 1. The van der Waals surface area contributed by atoms with Crippen molar-refractivity contribution in [3.8, 4) is 0 Å². The van der Waals surface area contributed by atoms with Crippen molar-refractivity contribution in [2.45, 2.75) is 122 Å². The maximum atomic E-state index is 5.63. The number of alkyl halides is 1. The van der Waals surface area contributed by atoms with Crippen LogP contribution in [0, 0.1) is 0 Å². The minimum atomic E-state index is 0.949. The second kappa shape index (κ2) is 23.4. The van der Waals surface area contributed by atoms with E-state index in [4.69, 9.17) is 4.74 Å². The molecule has 24 heavy (non-hydrogen) atoms. The van der Waals surface area contributed by atoms with Crippen molar-refractivity contribution >= 4 is 15.9 Å². The van der Waals surface area contributed by atoms with Crippen LogP contribution in [0.3, 0.4) is 0 Å². The number of halogens is 1. The molecule has 0 aliphatic rings. The van der Waals surface area contributed by atoms with E-state index in [9.17, 15) is 0 Å². The molecular weight excluding hydrogens is 360 g/mol. The van der Waals surface area contributed by atoms with E-state index in [-0.39, 0.29) is 0 Å². The van der Waals surface area contributed by atoms with Crippen molar-refractivity contribution in [2.75, 3.05) is 18.5 Å². The van der Waals surface area contributed by atoms with Gasteiger partial charge in [0.15, 0.2) is 0 Å². The fourth-order valence-corrected chi connectivity index (χ4v) is 3.55. The van der Waals surface area contributed by atoms with E-state index < -0.39 is 0 Å². The van der Waals surface area contributed by atoms with Crippen LogP contribution in [0.2, 0.25) is 0 Å². The maximum absolute atomic E-state index is 5.63. The summed E-state index contributed by atoms with van der Waals surface area (Å²) in [5.74, 6) is 0. The van der Waals surface area contributed by atoms with Crippen LogP contribution in [0.25, 0.3) is 0 Å². The van der Waals surface area contributed by atoms with Gasteiger partial charge in [0, 0.05) is 18.5 Å². The van der Waals surface area contributed by atoms with Crippen LogP contribution in [-0.2, 0) is 4.74 Å². The lowest BCUT2D eigenvalue weighted by atomic mass is 10.0. The highest BCUT2D eigenvalue weighted by Gasteiger charge is 1.95. The topological polar surface area (TPSA) is 9.23 Å². The summed E-state index contributed by atoms with van der Waals surface area (Å²) in [4.78, 5) is 0. The lowest BCUT2D eigenvalue weighted by molar-refractivity contribution is 0.127. The second-order valence-corrected chi connectivity index (χ2v) is 8.10. The number of unbranched alkanes of at least 4 members (excludes halogenated alkanes) is 16. The van der Waals surface area contributed by atoms with Gasteiger partial charge in [0.25, 0.3) is 0 Å². The summed E-state index contributed by atoms with van der Waals surface area (Å²) >= 11 is 3.45. The molecule has 0 aromatic heterocycles. The molecule has 0 amide bonds. The van der Waals surface area contributed by atoms with Crippen molar-refractivity contribution < 1.29 is 4.74 Å². The number of hydrogen-bond acceptors (Lipinski definition) is 1. The molecule has 146 valence electrons. The molecule has 0 atom stereocenters. The highest BCUT2D eigenvalue weighted by molar-refractivity contribution is 9.09. The predicted octanol–water partition coefficient (Wildman–Crippen LogP) is 8.44. The van der Waals surface area contributed by atoms with Gasteiger partial charge >= 0.3 is 0 Å². The molecule has 0 aliphatic carbocycles. The van der Waals surface area contributed by atoms with E-state index in [1.807, 2.05) is 0 Å². The van der Waals surface area contributed by atoms with Crippen molar-refractivity contribution in [1.29, 1.82) is 0 Å². The van der Waals surface area contributed by atoms with Gasteiger partial charge in [-0.15, -0.1) is 0 Å². The lowest BCUT2D eigenvalue weighted by Crippen LogP contribution is -1.97. The van der Waals surface area contributed by atoms with Gasteiger partial charge in [0.05, 0.1) is 0 Å². The van der Waals surface area contributed by atoms with Gasteiger partial charge in [0.1, 0.15) is 0 Å².